The Bertz CT molecular complexity index is 1410. The highest BCUT2D eigenvalue weighted by Crippen LogP contribution is 2.15. The molecular weight excluding hydrogens is 432 g/mol. The second-order valence-electron chi connectivity index (χ2n) is 7.73. The molecule has 0 fully saturated rings. The summed E-state index contributed by atoms with van der Waals surface area (Å²) < 4.78 is 7.32. The van der Waals surface area contributed by atoms with Crippen LogP contribution >= 0.6 is 0 Å². The summed E-state index contributed by atoms with van der Waals surface area (Å²) in [6.45, 7) is 1.81. The summed E-state index contributed by atoms with van der Waals surface area (Å²) in [4.78, 5) is 39.7. The maximum Gasteiger partial charge on any atom is 0.352 e. The summed E-state index contributed by atoms with van der Waals surface area (Å²) in [5, 5.41) is 6.98. The average Bonchev–Trinajstić information content (AvgIpc) is 2.87. The van der Waals surface area contributed by atoms with Crippen LogP contribution in [0.5, 0.6) is 5.75 Å². The van der Waals surface area contributed by atoms with Crippen LogP contribution in [0, 0.1) is 0 Å². The van der Waals surface area contributed by atoms with Gasteiger partial charge in [0.05, 0.1) is 25.4 Å². The summed E-state index contributed by atoms with van der Waals surface area (Å²) in [6, 6.07) is 24.8. The molecule has 0 spiro atoms. The number of carbonyl (C=O) groups is 1. The molecule has 0 aliphatic rings. The van der Waals surface area contributed by atoms with Crippen molar-refractivity contribution in [2.45, 2.75) is 19.5 Å². The van der Waals surface area contributed by atoms with Crippen molar-refractivity contribution in [3.8, 4) is 11.4 Å². The van der Waals surface area contributed by atoms with Crippen LogP contribution in [-0.2, 0) is 6.54 Å². The van der Waals surface area contributed by atoms with Crippen LogP contribution in [0.15, 0.2) is 94.5 Å². The molecule has 1 aromatic heterocycles. The predicted octanol–water partition coefficient (Wildman–Crippen LogP) is 2.94. The Morgan fingerprint density at radius 3 is 2.32 bits per heavy atom. The molecule has 1 N–H and O–H groups in total. The standard InChI is InChI=1S/C26H24N4O4/c1-18(20-12-7-4-8-13-20)27-24(31)23-25(32)29(17-19-10-5-3-6-11-19)26(33)30(28-23)21-14-9-15-22(16-21)34-2/h3-16,18H,17H2,1-2H3,(H,27,31). The molecule has 34 heavy (non-hydrogen) atoms. The van der Waals surface area contributed by atoms with Crippen molar-refractivity contribution in [2.24, 2.45) is 0 Å². The number of methoxy groups -OCH3 is 1. The molecule has 8 heteroatoms. The first kappa shape index (κ1) is 22.7. The van der Waals surface area contributed by atoms with Gasteiger partial charge in [-0.2, -0.15) is 9.78 Å². The highest BCUT2D eigenvalue weighted by Gasteiger charge is 2.22. The number of benzene rings is 3. The summed E-state index contributed by atoms with van der Waals surface area (Å²) in [5.41, 5.74) is 0.202. The fourth-order valence-electron chi connectivity index (χ4n) is 3.56. The molecular formula is C26H24N4O4. The van der Waals surface area contributed by atoms with E-state index in [1.54, 1.807) is 36.4 Å². The molecule has 1 atom stereocenters. The summed E-state index contributed by atoms with van der Waals surface area (Å²) >= 11 is 0. The molecule has 0 bridgehead atoms. The first-order chi connectivity index (χ1) is 16.5. The summed E-state index contributed by atoms with van der Waals surface area (Å²) in [5.74, 6) is -0.157. The van der Waals surface area contributed by atoms with Gasteiger partial charge in [0.1, 0.15) is 5.75 Å². The van der Waals surface area contributed by atoms with E-state index in [1.165, 1.54) is 7.11 Å². The van der Waals surface area contributed by atoms with Gasteiger partial charge in [0, 0.05) is 6.07 Å². The van der Waals surface area contributed by atoms with Crippen molar-refractivity contribution >= 4 is 5.91 Å². The minimum atomic E-state index is -0.759. The lowest BCUT2D eigenvalue weighted by Gasteiger charge is -2.16. The highest BCUT2D eigenvalue weighted by molar-refractivity contribution is 5.92. The lowest BCUT2D eigenvalue weighted by molar-refractivity contribution is 0.0930. The smallest absolute Gasteiger partial charge is 0.352 e. The lowest BCUT2D eigenvalue weighted by Crippen LogP contribution is -2.46. The topological polar surface area (TPSA) is 95.2 Å². The molecule has 1 amide bonds. The van der Waals surface area contributed by atoms with E-state index in [4.69, 9.17) is 4.74 Å². The van der Waals surface area contributed by atoms with Crippen molar-refractivity contribution in [2.75, 3.05) is 7.11 Å². The zero-order chi connectivity index (χ0) is 24.1. The monoisotopic (exact) mass is 456 g/mol. The van der Waals surface area contributed by atoms with Crippen molar-refractivity contribution < 1.29 is 9.53 Å². The number of hydrogen-bond donors (Lipinski definition) is 1. The molecule has 0 aliphatic heterocycles. The van der Waals surface area contributed by atoms with E-state index >= 15 is 0 Å². The molecule has 0 radical (unpaired) electrons. The number of aromatic nitrogens is 3. The predicted molar refractivity (Wildman–Crippen MR) is 129 cm³/mol. The molecule has 4 aromatic rings. The molecule has 0 saturated carbocycles. The van der Waals surface area contributed by atoms with Crippen molar-refractivity contribution in [1.29, 1.82) is 0 Å². The Morgan fingerprint density at radius 1 is 0.971 bits per heavy atom. The maximum absolute atomic E-state index is 13.3. The van der Waals surface area contributed by atoms with E-state index in [0.717, 1.165) is 20.4 Å². The van der Waals surface area contributed by atoms with Gasteiger partial charge < -0.3 is 10.1 Å². The second-order valence-corrected chi connectivity index (χ2v) is 7.73. The number of amides is 1. The molecule has 172 valence electrons. The largest absolute Gasteiger partial charge is 0.497 e. The van der Waals surface area contributed by atoms with Gasteiger partial charge in [-0.15, -0.1) is 0 Å². The molecule has 1 heterocycles. The number of hydrogen-bond acceptors (Lipinski definition) is 5. The Hall–Kier alpha value is -4.46. The van der Waals surface area contributed by atoms with Gasteiger partial charge in [-0.3, -0.25) is 14.2 Å². The van der Waals surface area contributed by atoms with Crippen molar-refractivity contribution in [1.82, 2.24) is 19.7 Å². The minimum Gasteiger partial charge on any atom is -0.497 e. The van der Waals surface area contributed by atoms with E-state index in [9.17, 15) is 14.4 Å². The van der Waals surface area contributed by atoms with Crippen LogP contribution in [0.25, 0.3) is 5.69 Å². The van der Waals surface area contributed by atoms with Crippen LogP contribution in [-0.4, -0.2) is 27.4 Å². The number of carbonyl (C=O) groups excluding carboxylic acids is 1. The number of rotatable bonds is 7. The quantitative estimate of drug-likeness (QED) is 0.461. The third-order valence-corrected chi connectivity index (χ3v) is 5.40. The zero-order valence-corrected chi connectivity index (χ0v) is 18.8. The van der Waals surface area contributed by atoms with Gasteiger partial charge >= 0.3 is 5.69 Å². The molecule has 8 nitrogen and oxygen atoms in total. The van der Waals surface area contributed by atoms with Crippen LogP contribution < -0.4 is 21.3 Å². The third-order valence-electron chi connectivity index (χ3n) is 5.40. The third kappa shape index (κ3) is 4.80. The molecule has 4 rings (SSSR count). The van der Waals surface area contributed by atoms with Gasteiger partial charge in [0.2, 0.25) is 5.69 Å². The van der Waals surface area contributed by atoms with Gasteiger partial charge in [0.25, 0.3) is 11.5 Å². The van der Waals surface area contributed by atoms with Crippen molar-refractivity contribution in [3.63, 3.8) is 0 Å². The van der Waals surface area contributed by atoms with E-state index < -0.39 is 17.2 Å². The fourth-order valence-corrected chi connectivity index (χ4v) is 3.56. The number of nitrogens with one attached hydrogen (secondary N) is 1. The van der Waals surface area contributed by atoms with Crippen molar-refractivity contribution in [3.05, 3.63) is 123 Å². The van der Waals surface area contributed by atoms with Gasteiger partial charge in [-0.25, -0.2) is 4.79 Å². The number of nitrogens with zero attached hydrogens (tertiary/aromatic N) is 3. The van der Waals surface area contributed by atoms with Gasteiger partial charge in [0.15, 0.2) is 0 Å². The van der Waals surface area contributed by atoms with Crippen LogP contribution in [0.4, 0.5) is 0 Å². The highest BCUT2D eigenvalue weighted by atomic mass is 16.5. The normalized spacial score (nSPS) is 11.6. The SMILES string of the molecule is COc1cccc(-n2nc(C(=O)NC(C)c3ccccc3)c(=O)n(Cc3ccccc3)c2=O)c1. The van der Waals surface area contributed by atoms with E-state index in [0.29, 0.717) is 11.4 Å². The summed E-state index contributed by atoms with van der Waals surface area (Å²) in [7, 11) is 1.51. The zero-order valence-electron chi connectivity index (χ0n) is 18.8. The first-order valence-corrected chi connectivity index (χ1v) is 10.8. The number of ether oxygens (including phenoxy) is 1. The Kier molecular flexibility index (Phi) is 6.68. The Balaban J connectivity index is 1.81. The van der Waals surface area contributed by atoms with Crippen LogP contribution in [0.3, 0.4) is 0 Å². The minimum absolute atomic E-state index is 0.000482. The van der Waals surface area contributed by atoms with E-state index in [-0.39, 0.29) is 18.3 Å². The average molecular weight is 457 g/mol. The fraction of sp³-hybridized carbons (Fsp3) is 0.154. The first-order valence-electron chi connectivity index (χ1n) is 10.8. The summed E-state index contributed by atoms with van der Waals surface area (Å²) in [6.07, 6.45) is 0. The van der Waals surface area contributed by atoms with E-state index in [1.807, 2.05) is 55.5 Å². The van der Waals surface area contributed by atoms with Crippen LogP contribution in [0.1, 0.15) is 34.6 Å². The molecule has 1 unspecified atom stereocenters. The van der Waals surface area contributed by atoms with E-state index in [2.05, 4.69) is 10.4 Å². The maximum atomic E-state index is 13.3. The Labute approximate surface area is 196 Å². The molecule has 3 aromatic carbocycles. The van der Waals surface area contributed by atoms with Gasteiger partial charge in [-0.05, 0) is 30.2 Å². The lowest BCUT2D eigenvalue weighted by atomic mass is 10.1. The second kappa shape index (κ2) is 9.99. The molecule has 0 saturated heterocycles. The van der Waals surface area contributed by atoms with Crippen LogP contribution in [0.2, 0.25) is 0 Å². The molecule has 0 aliphatic carbocycles. The van der Waals surface area contributed by atoms with Gasteiger partial charge in [-0.1, -0.05) is 66.7 Å². The Morgan fingerprint density at radius 2 is 1.65 bits per heavy atom.